The fourth-order valence-electron chi connectivity index (χ4n) is 2.50. The van der Waals surface area contributed by atoms with Crippen LogP contribution in [0.5, 0.6) is 0 Å². The smallest absolute Gasteiger partial charge is 0.214 e. The fourth-order valence-corrected chi connectivity index (χ4v) is 4.89. The van der Waals surface area contributed by atoms with Gasteiger partial charge in [0.2, 0.25) is 10.0 Å². The van der Waals surface area contributed by atoms with Gasteiger partial charge in [-0.2, -0.15) is 4.31 Å². The fraction of sp³-hybridized carbons (Fsp3) is 1.00. The molecule has 2 saturated heterocycles. The van der Waals surface area contributed by atoms with E-state index in [2.05, 4.69) is 5.32 Å². The summed E-state index contributed by atoms with van der Waals surface area (Å²) >= 11 is 0. The van der Waals surface area contributed by atoms with Gasteiger partial charge in [-0.05, 0) is 26.8 Å². The molecule has 0 amide bonds. The predicted octanol–water partition coefficient (Wildman–Crippen LogP) is 0.0199. The first-order chi connectivity index (χ1) is 6.45. The van der Waals surface area contributed by atoms with Crippen LogP contribution in [0.4, 0.5) is 0 Å². The Labute approximate surface area is 85.7 Å². The highest BCUT2D eigenvalue weighted by atomic mass is 32.2. The average molecular weight is 218 g/mol. The van der Waals surface area contributed by atoms with Crippen molar-refractivity contribution >= 4 is 10.0 Å². The van der Waals surface area contributed by atoms with Gasteiger partial charge in [-0.15, -0.1) is 0 Å². The van der Waals surface area contributed by atoms with Gasteiger partial charge in [-0.3, -0.25) is 0 Å². The topological polar surface area (TPSA) is 49.4 Å². The van der Waals surface area contributed by atoms with E-state index in [1.807, 2.05) is 13.8 Å². The molecule has 0 saturated carbocycles. The SMILES string of the molecule is CC(C)N1CC2(CCNC2)CS1(=O)=O. The highest BCUT2D eigenvalue weighted by Gasteiger charge is 2.49. The summed E-state index contributed by atoms with van der Waals surface area (Å²) < 4.78 is 25.4. The predicted molar refractivity (Wildman–Crippen MR) is 55.5 cm³/mol. The molecule has 1 N–H and O–H groups in total. The molecule has 2 aliphatic rings. The van der Waals surface area contributed by atoms with E-state index in [1.165, 1.54) is 0 Å². The molecule has 0 aromatic heterocycles. The lowest BCUT2D eigenvalue weighted by Gasteiger charge is -2.22. The van der Waals surface area contributed by atoms with Crippen molar-refractivity contribution in [3.63, 3.8) is 0 Å². The average Bonchev–Trinajstić information content (AvgIpc) is 2.57. The van der Waals surface area contributed by atoms with Crippen molar-refractivity contribution in [2.45, 2.75) is 26.3 Å². The van der Waals surface area contributed by atoms with Crippen molar-refractivity contribution in [2.75, 3.05) is 25.4 Å². The zero-order valence-corrected chi connectivity index (χ0v) is 9.60. The lowest BCUT2D eigenvalue weighted by molar-refractivity contribution is 0.277. The van der Waals surface area contributed by atoms with Gasteiger partial charge in [0.1, 0.15) is 0 Å². The van der Waals surface area contributed by atoms with Crippen molar-refractivity contribution in [2.24, 2.45) is 5.41 Å². The molecule has 0 aromatic carbocycles. The first-order valence-corrected chi connectivity index (χ1v) is 6.76. The third-order valence-corrected chi connectivity index (χ3v) is 5.49. The van der Waals surface area contributed by atoms with Crippen LogP contribution in [0.1, 0.15) is 20.3 Å². The molecule has 82 valence electrons. The maximum absolute atomic E-state index is 11.9. The Kier molecular flexibility index (Phi) is 2.36. The lowest BCUT2D eigenvalue weighted by atomic mass is 9.89. The van der Waals surface area contributed by atoms with Crippen molar-refractivity contribution in [3.8, 4) is 0 Å². The van der Waals surface area contributed by atoms with Crippen LogP contribution in [0, 0.1) is 5.41 Å². The van der Waals surface area contributed by atoms with Gasteiger partial charge in [0.05, 0.1) is 5.75 Å². The quantitative estimate of drug-likeness (QED) is 0.675. The van der Waals surface area contributed by atoms with Gasteiger partial charge < -0.3 is 5.32 Å². The van der Waals surface area contributed by atoms with E-state index in [0.29, 0.717) is 12.3 Å². The van der Waals surface area contributed by atoms with Crippen LogP contribution in [0.2, 0.25) is 0 Å². The molecule has 2 rings (SSSR count). The van der Waals surface area contributed by atoms with Gasteiger partial charge >= 0.3 is 0 Å². The van der Waals surface area contributed by atoms with Crippen LogP contribution in [-0.2, 0) is 10.0 Å². The Morgan fingerprint density at radius 3 is 2.57 bits per heavy atom. The molecule has 0 bridgehead atoms. The van der Waals surface area contributed by atoms with Gasteiger partial charge in [0.25, 0.3) is 0 Å². The van der Waals surface area contributed by atoms with Gasteiger partial charge in [0, 0.05) is 24.5 Å². The van der Waals surface area contributed by atoms with E-state index in [9.17, 15) is 8.42 Å². The Balaban J connectivity index is 2.24. The minimum atomic E-state index is -2.98. The Bertz CT molecular complexity index is 318. The lowest BCUT2D eigenvalue weighted by Crippen LogP contribution is -2.34. The summed E-state index contributed by atoms with van der Waals surface area (Å²) in [6.07, 6.45) is 0.995. The molecule has 1 spiro atoms. The first kappa shape index (κ1) is 10.4. The summed E-state index contributed by atoms with van der Waals surface area (Å²) in [5, 5.41) is 3.26. The number of nitrogens with zero attached hydrogens (tertiary/aromatic N) is 1. The summed E-state index contributed by atoms with van der Waals surface area (Å²) in [4.78, 5) is 0. The maximum atomic E-state index is 11.9. The molecule has 1 unspecified atom stereocenters. The molecule has 2 fully saturated rings. The first-order valence-electron chi connectivity index (χ1n) is 5.16. The van der Waals surface area contributed by atoms with E-state index >= 15 is 0 Å². The summed E-state index contributed by atoms with van der Waals surface area (Å²) in [5.74, 6) is 0.338. The largest absolute Gasteiger partial charge is 0.316 e. The van der Waals surface area contributed by atoms with Crippen LogP contribution in [0.25, 0.3) is 0 Å². The second-order valence-electron chi connectivity index (χ2n) is 4.82. The molecule has 0 aromatic rings. The van der Waals surface area contributed by atoms with Crippen LogP contribution in [0.3, 0.4) is 0 Å². The summed E-state index contributed by atoms with van der Waals surface area (Å²) in [6, 6.07) is 0.0972. The van der Waals surface area contributed by atoms with Gasteiger partial charge in [-0.25, -0.2) is 8.42 Å². The van der Waals surface area contributed by atoms with E-state index in [-0.39, 0.29) is 11.5 Å². The van der Waals surface area contributed by atoms with Gasteiger partial charge in [0.15, 0.2) is 0 Å². The normalized spacial score (nSPS) is 37.4. The van der Waals surface area contributed by atoms with Crippen molar-refractivity contribution in [1.29, 1.82) is 0 Å². The minimum absolute atomic E-state index is 0.00308. The number of rotatable bonds is 1. The van der Waals surface area contributed by atoms with E-state index in [1.54, 1.807) is 4.31 Å². The summed E-state index contributed by atoms with van der Waals surface area (Å²) in [6.45, 7) is 6.41. The third kappa shape index (κ3) is 1.57. The molecule has 5 heteroatoms. The molecule has 14 heavy (non-hydrogen) atoms. The summed E-state index contributed by atoms with van der Waals surface area (Å²) in [7, 11) is -2.98. The molecule has 0 aliphatic carbocycles. The number of nitrogens with one attached hydrogen (secondary N) is 1. The van der Waals surface area contributed by atoms with Crippen molar-refractivity contribution < 1.29 is 8.42 Å². The molecule has 4 nitrogen and oxygen atoms in total. The zero-order valence-electron chi connectivity index (χ0n) is 8.78. The van der Waals surface area contributed by atoms with Crippen LogP contribution < -0.4 is 5.32 Å². The van der Waals surface area contributed by atoms with Crippen LogP contribution in [-0.4, -0.2) is 44.2 Å². The van der Waals surface area contributed by atoms with E-state index < -0.39 is 10.0 Å². The number of hydrogen-bond donors (Lipinski definition) is 1. The number of hydrogen-bond acceptors (Lipinski definition) is 3. The Hall–Kier alpha value is -0.130. The molecule has 2 aliphatic heterocycles. The van der Waals surface area contributed by atoms with Gasteiger partial charge in [-0.1, -0.05) is 0 Å². The van der Waals surface area contributed by atoms with Crippen LogP contribution >= 0.6 is 0 Å². The second kappa shape index (κ2) is 3.18. The molecule has 0 radical (unpaired) electrons. The van der Waals surface area contributed by atoms with Crippen LogP contribution in [0.15, 0.2) is 0 Å². The Morgan fingerprint density at radius 2 is 2.14 bits per heavy atom. The standard InChI is InChI=1S/C9H18N2O2S/c1-8(2)11-6-9(3-4-10-5-9)7-14(11,12)13/h8,10H,3-7H2,1-2H3. The highest BCUT2D eigenvalue weighted by molar-refractivity contribution is 7.89. The maximum Gasteiger partial charge on any atom is 0.214 e. The number of sulfonamides is 1. The van der Waals surface area contributed by atoms with E-state index in [4.69, 9.17) is 0 Å². The third-order valence-electron chi connectivity index (χ3n) is 3.25. The molecule has 2 heterocycles. The monoisotopic (exact) mass is 218 g/mol. The van der Waals surface area contributed by atoms with E-state index in [0.717, 1.165) is 19.5 Å². The molecular formula is C9H18N2O2S. The van der Waals surface area contributed by atoms with Crippen molar-refractivity contribution in [1.82, 2.24) is 9.62 Å². The van der Waals surface area contributed by atoms with Crippen molar-refractivity contribution in [3.05, 3.63) is 0 Å². The molecular weight excluding hydrogens is 200 g/mol. The highest BCUT2D eigenvalue weighted by Crippen LogP contribution is 2.37. The summed E-state index contributed by atoms with van der Waals surface area (Å²) in [5.41, 5.74) is 0.00308. The minimum Gasteiger partial charge on any atom is -0.316 e. The molecule has 1 atom stereocenters. The second-order valence-corrected chi connectivity index (χ2v) is 6.74. The zero-order chi connectivity index (χ0) is 10.4. The Morgan fingerprint density at radius 1 is 1.43 bits per heavy atom.